The van der Waals surface area contributed by atoms with Crippen LogP contribution in [0.25, 0.3) is 0 Å². The van der Waals surface area contributed by atoms with Gasteiger partial charge in [0.1, 0.15) is 0 Å². The van der Waals surface area contributed by atoms with Gasteiger partial charge in [-0.15, -0.1) is 0 Å². The number of rotatable bonds is 8. The third kappa shape index (κ3) is 5.69. The Morgan fingerprint density at radius 3 is 2.48 bits per heavy atom. The summed E-state index contributed by atoms with van der Waals surface area (Å²) in [5, 5.41) is 5.81. The van der Waals surface area contributed by atoms with Crippen molar-refractivity contribution in [1.82, 2.24) is 9.62 Å². The topological polar surface area (TPSA) is 105 Å². The van der Waals surface area contributed by atoms with Crippen molar-refractivity contribution in [3.63, 3.8) is 0 Å². The van der Waals surface area contributed by atoms with E-state index in [4.69, 9.17) is 11.6 Å². The number of hydrogen-bond acceptors (Lipinski definition) is 6. The van der Waals surface area contributed by atoms with Crippen molar-refractivity contribution in [2.24, 2.45) is 0 Å². The van der Waals surface area contributed by atoms with Gasteiger partial charge in [0.15, 0.2) is 0 Å². The Balaban J connectivity index is 2.01. The van der Waals surface area contributed by atoms with E-state index < -0.39 is 16.0 Å². The van der Waals surface area contributed by atoms with Gasteiger partial charge in [-0.3, -0.25) is 4.79 Å². The standard InChI is InChI=1S/C19H22ClN3O5S/c1-23(2)29(26,27)17-7-5-4-6-13(17)11-22-18(24)12-21-14-8-9-16(20)15(10-14)19(25)28-3/h4-10,21H,11-12H2,1-3H3,(H,22,24). The molecule has 0 bridgehead atoms. The Morgan fingerprint density at radius 1 is 1.14 bits per heavy atom. The quantitative estimate of drug-likeness (QED) is 0.610. The first-order valence-electron chi connectivity index (χ1n) is 8.55. The number of carbonyl (C=O) groups is 2. The van der Waals surface area contributed by atoms with Crippen molar-refractivity contribution in [2.45, 2.75) is 11.4 Å². The van der Waals surface area contributed by atoms with Crippen molar-refractivity contribution >= 4 is 39.2 Å². The lowest BCUT2D eigenvalue weighted by Crippen LogP contribution is -2.30. The number of sulfonamides is 1. The van der Waals surface area contributed by atoms with Crippen LogP contribution >= 0.6 is 11.6 Å². The second-order valence-corrected chi connectivity index (χ2v) is 8.74. The van der Waals surface area contributed by atoms with E-state index in [0.717, 1.165) is 4.31 Å². The SMILES string of the molecule is COC(=O)c1cc(NCC(=O)NCc2ccccc2S(=O)(=O)N(C)C)ccc1Cl. The number of anilines is 1. The van der Waals surface area contributed by atoms with Crippen molar-refractivity contribution < 1.29 is 22.7 Å². The number of hydrogen-bond donors (Lipinski definition) is 2. The Kier molecular flexibility index (Phi) is 7.60. The molecule has 0 atom stereocenters. The molecule has 2 aromatic rings. The van der Waals surface area contributed by atoms with Crippen LogP contribution in [0.1, 0.15) is 15.9 Å². The molecule has 0 spiro atoms. The molecule has 10 heteroatoms. The van der Waals surface area contributed by atoms with E-state index in [1.807, 2.05) is 0 Å². The average Bonchev–Trinajstić information content (AvgIpc) is 2.71. The molecular formula is C19H22ClN3O5S. The van der Waals surface area contributed by atoms with E-state index >= 15 is 0 Å². The van der Waals surface area contributed by atoms with Gasteiger partial charge >= 0.3 is 5.97 Å². The highest BCUT2D eigenvalue weighted by Gasteiger charge is 2.20. The summed E-state index contributed by atoms with van der Waals surface area (Å²) in [5.41, 5.74) is 1.18. The number of nitrogens with zero attached hydrogens (tertiary/aromatic N) is 1. The van der Waals surface area contributed by atoms with Gasteiger partial charge in [0.2, 0.25) is 15.9 Å². The van der Waals surface area contributed by atoms with Gasteiger partial charge in [-0.1, -0.05) is 29.8 Å². The molecule has 0 aliphatic carbocycles. The molecule has 2 aromatic carbocycles. The van der Waals surface area contributed by atoms with Crippen LogP contribution in [0.3, 0.4) is 0 Å². The zero-order valence-electron chi connectivity index (χ0n) is 16.2. The van der Waals surface area contributed by atoms with E-state index in [1.54, 1.807) is 24.3 Å². The molecule has 0 fully saturated rings. The van der Waals surface area contributed by atoms with Crippen molar-refractivity contribution in [3.8, 4) is 0 Å². The summed E-state index contributed by atoms with van der Waals surface area (Å²) in [6.45, 7) is -0.0252. The minimum Gasteiger partial charge on any atom is -0.465 e. The summed E-state index contributed by atoms with van der Waals surface area (Å²) in [4.78, 5) is 24.0. The number of nitrogens with one attached hydrogen (secondary N) is 2. The van der Waals surface area contributed by atoms with Gasteiger partial charge in [-0.2, -0.15) is 0 Å². The van der Waals surface area contributed by atoms with Crippen LogP contribution in [0.2, 0.25) is 5.02 Å². The molecule has 0 saturated carbocycles. The largest absolute Gasteiger partial charge is 0.465 e. The Morgan fingerprint density at radius 2 is 1.83 bits per heavy atom. The van der Waals surface area contributed by atoms with Crippen molar-refractivity contribution in [2.75, 3.05) is 33.1 Å². The summed E-state index contributed by atoms with van der Waals surface area (Å²) in [7, 11) is 0.526. The molecule has 0 heterocycles. The van der Waals surface area contributed by atoms with Crippen LogP contribution in [-0.4, -0.2) is 52.3 Å². The highest BCUT2D eigenvalue weighted by molar-refractivity contribution is 7.89. The van der Waals surface area contributed by atoms with Gasteiger partial charge in [-0.25, -0.2) is 17.5 Å². The van der Waals surface area contributed by atoms with Crippen LogP contribution in [0, 0.1) is 0 Å². The average molecular weight is 440 g/mol. The zero-order valence-corrected chi connectivity index (χ0v) is 17.8. The molecule has 0 radical (unpaired) electrons. The third-order valence-corrected chi connectivity index (χ3v) is 6.28. The number of esters is 1. The van der Waals surface area contributed by atoms with Gasteiger partial charge in [0, 0.05) is 26.3 Å². The molecule has 0 unspecified atom stereocenters. The van der Waals surface area contributed by atoms with Gasteiger partial charge in [-0.05, 0) is 29.8 Å². The number of amides is 1. The molecule has 156 valence electrons. The molecular weight excluding hydrogens is 418 g/mol. The molecule has 0 aliphatic rings. The van der Waals surface area contributed by atoms with Gasteiger partial charge in [0.25, 0.3) is 0 Å². The Bertz CT molecular complexity index is 1010. The third-order valence-electron chi connectivity index (χ3n) is 4.03. The summed E-state index contributed by atoms with van der Waals surface area (Å²) >= 11 is 5.96. The fourth-order valence-corrected chi connectivity index (χ4v) is 3.75. The highest BCUT2D eigenvalue weighted by Crippen LogP contribution is 2.21. The summed E-state index contributed by atoms with van der Waals surface area (Å²) in [5.74, 6) is -0.932. The molecule has 1 amide bonds. The number of ether oxygens (including phenoxy) is 1. The molecule has 8 nitrogen and oxygen atoms in total. The van der Waals surface area contributed by atoms with Crippen molar-refractivity contribution in [1.29, 1.82) is 0 Å². The van der Waals surface area contributed by atoms with Crippen molar-refractivity contribution in [3.05, 3.63) is 58.6 Å². The smallest absolute Gasteiger partial charge is 0.339 e. The van der Waals surface area contributed by atoms with Crippen LogP contribution < -0.4 is 10.6 Å². The fourth-order valence-electron chi connectivity index (χ4n) is 2.44. The predicted octanol–water partition coefficient (Wildman–Crippen LogP) is 2.11. The van der Waals surface area contributed by atoms with Crippen LogP contribution in [0.4, 0.5) is 5.69 Å². The van der Waals surface area contributed by atoms with Crippen LogP contribution in [0.5, 0.6) is 0 Å². The Hall–Kier alpha value is -2.62. The molecule has 29 heavy (non-hydrogen) atoms. The maximum atomic E-state index is 12.4. The summed E-state index contributed by atoms with van der Waals surface area (Å²) < 4.78 is 30.6. The molecule has 0 aliphatic heterocycles. The number of benzene rings is 2. The van der Waals surface area contributed by atoms with E-state index in [-0.39, 0.29) is 34.5 Å². The number of carbonyl (C=O) groups excluding carboxylic acids is 2. The van der Waals surface area contributed by atoms with E-state index in [9.17, 15) is 18.0 Å². The monoisotopic (exact) mass is 439 g/mol. The molecule has 0 aromatic heterocycles. The first-order valence-corrected chi connectivity index (χ1v) is 10.4. The van der Waals surface area contributed by atoms with E-state index in [0.29, 0.717) is 11.3 Å². The maximum Gasteiger partial charge on any atom is 0.339 e. The summed E-state index contributed by atoms with van der Waals surface area (Å²) in [6.07, 6.45) is 0. The second-order valence-electron chi connectivity index (χ2n) is 6.21. The lowest BCUT2D eigenvalue weighted by Gasteiger charge is -2.15. The lowest BCUT2D eigenvalue weighted by atomic mass is 10.2. The Labute approximate surface area is 174 Å². The highest BCUT2D eigenvalue weighted by atomic mass is 35.5. The van der Waals surface area contributed by atoms with Crippen LogP contribution in [-0.2, 0) is 26.1 Å². The first-order chi connectivity index (χ1) is 13.7. The molecule has 2 N–H and O–H groups in total. The maximum absolute atomic E-state index is 12.4. The first kappa shape index (κ1) is 22.7. The number of halogens is 1. The zero-order chi connectivity index (χ0) is 21.6. The fraction of sp³-hybridized carbons (Fsp3) is 0.263. The normalized spacial score (nSPS) is 11.2. The molecule has 0 saturated heterocycles. The summed E-state index contributed by atoms with van der Waals surface area (Å²) in [6, 6.07) is 11.1. The number of methoxy groups -OCH3 is 1. The predicted molar refractivity (Wildman–Crippen MR) is 110 cm³/mol. The van der Waals surface area contributed by atoms with E-state index in [2.05, 4.69) is 15.4 Å². The lowest BCUT2D eigenvalue weighted by molar-refractivity contribution is -0.119. The van der Waals surface area contributed by atoms with E-state index in [1.165, 1.54) is 39.4 Å². The van der Waals surface area contributed by atoms with Gasteiger partial charge in [0.05, 0.1) is 29.1 Å². The van der Waals surface area contributed by atoms with Crippen LogP contribution in [0.15, 0.2) is 47.4 Å². The second kappa shape index (κ2) is 9.73. The molecule has 2 rings (SSSR count). The minimum atomic E-state index is -3.62. The minimum absolute atomic E-state index is 0.0534. The van der Waals surface area contributed by atoms with Gasteiger partial charge < -0.3 is 15.4 Å².